The number of benzene rings is 5. The maximum atomic E-state index is 7.35. The second-order valence-corrected chi connectivity index (χ2v) is 16.6. The van der Waals surface area contributed by atoms with E-state index in [0.717, 1.165) is 39.7 Å². The van der Waals surface area contributed by atoms with Gasteiger partial charge in [0.2, 0.25) is 0 Å². The van der Waals surface area contributed by atoms with Crippen LogP contribution in [0, 0.1) is 6.92 Å². The van der Waals surface area contributed by atoms with E-state index in [-0.39, 0.29) is 5.92 Å². The highest BCUT2D eigenvalue weighted by molar-refractivity contribution is 6.62. The summed E-state index contributed by atoms with van der Waals surface area (Å²) in [5.41, 5.74) is 6.80. The number of ether oxygens (including phenoxy) is 5. The lowest BCUT2D eigenvalue weighted by atomic mass is 9.75. The third-order valence-electron chi connectivity index (χ3n) is 12.0. The molecule has 7 rings (SSSR count). The Morgan fingerprint density at radius 1 is 0.569 bits per heavy atom. The number of hydrogen-bond acceptors (Lipinski definition) is 7. The molecule has 0 saturated carbocycles. The van der Waals surface area contributed by atoms with Crippen molar-refractivity contribution in [3.8, 4) is 0 Å². The van der Waals surface area contributed by atoms with E-state index in [9.17, 15) is 0 Å². The van der Waals surface area contributed by atoms with Crippen molar-refractivity contribution in [2.45, 2.75) is 122 Å². The molecule has 6 atom stereocenters. The maximum absolute atomic E-state index is 7.35. The lowest BCUT2D eigenvalue weighted by Gasteiger charge is -2.48. The fraction of sp³-hybridized carbons (Fsp3) is 0.400. The third-order valence-corrected chi connectivity index (χ3v) is 12.0. The molecule has 0 spiro atoms. The van der Waals surface area contributed by atoms with Crippen molar-refractivity contribution in [3.05, 3.63) is 173 Å². The van der Waals surface area contributed by atoms with Gasteiger partial charge in [0.05, 0.1) is 50.3 Å². The van der Waals surface area contributed by atoms with Crippen molar-refractivity contribution in [1.29, 1.82) is 0 Å². The lowest BCUT2D eigenvalue weighted by Crippen LogP contribution is -2.62. The topological polar surface area (TPSA) is 64.6 Å². The predicted molar refractivity (Wildman–Crippen MR) is 230 cm³/mol. The van der Waals surface area contributed by atoms with Crippen molar-refractivity contribution in [2.75, 3.05) is 6.61 Å². The summed E-state index contributed by atoms with van der Waals surface area (Å²) < 4.78 is 47.8. The zero-order valence-electron chi connectivity index (χ0n) is 34.9. The number of hydrogen-bond donors (Lipinski definition) is 0. The van der Waals surface area contributed by atoms with Crippen LogP contribution in [0.1, 0.15) is 80.3 Å². The number of aryl methyl sites for hydroxylation is 1. The van der Waals surface area contributed by atoms with Crippen LogP contribution in [0.4, 0.5) is 0 Å². The first kappa shape index (κ1) is 42.0. The fourth-order valence-corrected chi connectivity index (χ4v) is 8.02. The van der Waals surface area contributed by atoms with Gasteiger partial charge in [0.25, 0.3) is 0 Å². The second kappa shape index (κ2) is 19.3. The Bertz CT molecular complexity index is 1980. The molecule has 2 fully saturated rings. The molecule has 8 heteroatoms. The quantitative estimate of drug-likeness (QED) is 0.0872. The second-order valence-electron chi connectivity index (χ2n) is 16.6. The minimum absolute atomic E-state index is 0.0392. The first-order valence-electron chi connectivity index (χ1n) is 20.8. The summed E-state index contributed by atoms with van der Waals surface area (Å²) in [6.07, 6.45) is -1.50. The summed E-state index contributed by atoms with van der Waals surface area (Å²) >= 11 is 0. The Balaban J connectivity index is 1.26. The minimum atomic E-state index is -0.499. The largest absolute Gasteiger partial charge is 0.494 e. The van der Waals surface area contributed by atoms with E-state index in [4.69, 9.17) is 33.0 Å². The monoisotopic (exact) mass is 782 g/mol. The molecule has 2 heterocycles. The Labute approximate surface area is 346 Å². The average molecular weight is 783 g/mol. The highest BCUT2D eigenvalue weighted by Gasteiger charge is 2.53. The summed E-state index contributed by atoms with van der Waals surface area (Å²) in [5.74, 6) is -0.0392. The predicted octanol–water partition coefficient (Wildman–Crippen LogP) is 9.53. The van der Waals surface area contributed by atoms with Crippen LogP contribution in [-0.2, 0) is 59.4 Å². The Morgan fingerprint density at radius 3 is 1.48 bits per heavy atom. The Kier molecular flexibility index (Phi) is 14.0. The first-order chi connectivity index (χ1) is 28.1. The van der Waals surface area contributed by atoms with Gasteiger partial charge in [-0.05, 0) is 79.9 Å². The Hall–Kier alpha value is -4.12. The Morgan fingerprint density at radius 2 is 1.02 bits per heavy atom. The van der Waals surface area contributed by atoms with E-state index in [2.05, 4.69) is 108 Å². The zero-order valence-corrected chi connectivity index (χ0v) is 34.9. The van der Waals surface area contributed by atoms with Crippen molar-refractivity contribution >= 4 is 12.6 Å². The van der Waals surface area contributed by atoms with Crippen LogP contribution in [0.15, 0.2) is 140 Å². The van der Waals surface area contributed by atoms with Gasteiger partial charge in [-0.3, -0.25) is 0 Å². The van der Waals surface area contributed by atoms with Gasteiger partial charge in [-0.2, -0.15) is 0 Å². The van der Waals surface area contributed by atoms with Crippen LogP contribution in [0.5, 0.6) is 0 Å². The van der Waals surface area contributed by atoms with Crippen LogP contribution in [-0.4, -0.2) is 55.4 Å². The molecular weight excluding hydrogens is 723 g/mol. The summed E-state index contributed by atoms with van der Waals surface area (Å²) in [4.78, 5) is 0. The molecule has 2 saturated heterocycles. The van der Waals surface area contributed by atoms with Crippen molar-refractivity contribution in [2.24, 2.45) is 0 Å². The molecule has 0 N–H and O–H groups in total. The van der Waals surface area contributed by atoms with Crippen LogP contribution in [0.3, 0.4) is 0 Å². The molecule has 58 heavy (non-hydrogen) atoms. The van der Waals surface area contributed by atoms with Gasteiger partial charge >= 0.3 is 7.12 Å². The van der Waals surface area contributed by atoms with Crippen molar-refractivity contribution in [3.63, 3.8) is 0 Å². The van der Waals surface area contributed by atoms with E-state index in [1.54, 1.807) is 0 Å². The molecule has 0 unspecified atom stereocenters. The fourth-order valence-electron chi connectivity index (χ4n) is 8.02. The van der Waals surface area contributed by atoms with Crippen LogP contribution >= 0.6 is 0 Å². The summed E-state index contributed by atoms with van der Waals surface area (Å²) in [6.45, 7) is 14.7. The molecule has 0 aromatic heterocycles. The summed E-state index contributed by atoms with van der Waals surface area (Å²) in [5, 5.41) is 0. The molecule has 2 aliphatic heterocycles. The molecule has 0 amide bonds. The van der Waals surface area contributed by atoms with E-state index >= 15 is 0 Å². The van der Waals surface area contributed by atoms with Gasteiger partial charge in [-0.25, -0.2) is 0 Å². The van der Waals surface area contributed by atoms with E-state index in [1.165, 1.54) is 5.56 Å². The molecule has 5 aromatic carbocycles. The molecule has 0 aliphatic carbocycles. The standard InChI is InChI=1S/C50H59BO7/c1-7-42(43-29-28-41(30-36(43)2)51-57-49(3,4)50(5,6)58-51)45-47(54-33-39-24-16-10-17-25-39)48(55-34-40-26-18-11-19-27-40)46(53-32-38-22-14-9-15-23-38)44(56-45)35-52-31-37-20-12-8-13-21-37/h8-30,42,44-48H,7,31-35H2,1-6H3/t42-,44-,45-,46-,47-,48+/m1/s1. The minimum Gasteiger partial charge on any atom is -0.399 e. The SMILES string of the molecule is CC[C@H](c1ccc(B2OC(C)(C)C(C)(C)O2)cc1C)[C@H]1O[C@H](COCc2ccccc2)[C@@H](OCc2ccccc2)[C@H](OCc2ccccc2)[C@@H]1OCc1ccccc1. The molecule has 7 nitrogen and oxygen atoms in total. The molecule has 5 aromatic rings. The zero-order chi connectivity index (χ0) is 40.5. The number of rotatable bonds is 17. The van der Waals surface area contributed by atoms with Gasteiger partial charge in [0.1, 0.15) is 24.4 Å². The van der Waals surface area contributed by atoms with Gasteiger partial charge in [0, 0.05) is 5.92 Å². The van der Waals surface area contributed by atoms with Crippen LogP contribution in [0.25, 0.3) is 0 Å². The third kappa shape index (κ3) is 10.2. The first-order valence-corrected chi connectivity index (χ1v) is 20.8. The normalized spacial score (nSPS) is 23.1. The van der Waals surface area contributed by atoms with E-state index in [1.807, 2.05) is 72.8 Å². The van der Waals surface area contributed by atoms with Gasteiger partial charge in [-0.15, -0.1) is 0 Å². The summed E-state index contributed by atoms with van der Waals surface area (Å²) in [7, 11) is -0.449. The molecule has 304 valence electrons. The van der Waals surface area contributed by atoms with Crippen molar-refractivity contribution < 1.29 is 33.0 Å². The highest BCUT2D eigenvalue weighted by Crippen LogP contribution is 2.40. The van der Waals surface area contributed by atoms with Gasteiger partial charge < -0.3 is 33.0 Å². The average Bonchev–Trinajstić information content (AvgIpc) is 3.46. The van der Waals surface area contributed by atoms with Crippen LogP contribution < -0.4 is 5.46 Å². The molecule has 0 bridgehead atoms. The smallest absolute Gasteiger partial charge is 0.399 e. The van der Waals surface area contributed by atoms with Crippen molar-refractivity contribution in [1.82, 2.24) is 0 Å². The van der Waals surface area contributed by atoms with Gasteiger partial charge in [-0.1, -0.05) is 146 Å². The molecule has 2 aliphatic rings. The van der Waals surface area contributed by atoms with Crippen LogP contribution in [0.2, 0.25) is 0 Å². The van der Waals surface area contributed by atoms with Gasteiger partial charge in [0.15, 0.2) is 0 Å². The maximum Gasteiger partial charge on any atom is 0.494 e. The molecular formula is C50H59BO7. The molecule has 0 radical (unpaired) electrons. The lowest BCUT2D eigenvalue weighted by molar-refractivity contribution is -0.276. The summed E-state index contributed by atoms with van der Waals surface area (Å²) in [6, 6.07) is 47.7. The highest BCUT2D eigenvalue weighted by atomic mass is 16.7. The van der Waals surface area contributed by atoms with E-state index < -0.39 is 48.8 Å². The van der Waals surface area contributed by atoms with E-state index in [0.29, 0.717) is 33.0 Å².